The van der Waals surface area contributed by atoms with E-state index in [0.717, 1.165) is 0 Å². The summed E-state index contributed by atoms with van der Waals surface area (Å²) >= 11 is 0. The van der Waals surface area contributed by atoms with Gasteiger partial charge in [0.2, 0.25) is 0 Å². The standard InChI is InChI=1S/C16H14N2O5/c19-12-3-1-11(13(20)8-12)9-17-18-16(21)10-2-4-14-15(7-10)23-6-5-22-14/h1-4,7-9,19-20H,5-6H2,(H,18,21)/b17-9+. The molecular weight excluding hydrogens is 300 g/mol. The minimum atomic E-state index is -0.420. The number of benzene rings is 2. The number of nitrogens with zero attached hydrogens (tertiary/aromatic N) is 1. The van der Waals surface area contributed by atoms with Gasteiger partial charge in [0.15, 0.2) is 11.5 Å². The van der Waals surface area contributed by atoms with Gasteiger partial charge < -0.3 is 19.7 Å². The van der Waals surface area contributed by atoms with Crippen LogP contribution in [0.4, 0.5) is 0 Å². The monoisotopic (exact) mass is 314 g/mol. The van der Waals surface area contributed by atoms with Crippen molar-refractivity contribution in [2.45, 2.75) is 0 Å². The number of hydrazone groups is 1. The minimum absolute atomic E-state index is 0.0556. The zero-order valence-electron chi connectivity index (χ0n) is 12.0. The molecule has 7 nitrogen and oxygen atoms in total. The lowest BCUT2D eigenvalue weighted by Crippen LogP contribution is -2.19. The summed E-state index contributed by atoms with van der Waals surface area (Å²) in [7, 11) is 0. The molecule has 0 aliphatic carbocycles. The summed E-state index contributed by atoms with van der Waals surface area (Å²) in [6, 6.07) is 8.92. The van der Waals surface area contributed by atoms with Gasteiger partial charge in [-0.25, -0.2) is 5.43 Å². The third kappa shape index (κ3) is 3.34. The van der Waals surface area contributed by atoms with Crippen molar-refractivity contribution in [2.75, 3.05) is 13.2 Å². The molecule has 0 radical (unpaired) electrons. The number of phenols is 2. The van der Waals surface area contributed by atoms with Crippen molar-refractivity contribution in [2.24, 2.45) is 5.10 Å². The molecule has 7 heteroatoms. The van der Waals surface area contributed by atoms with Crippen molar-refractivity contribution in [1.82, 2.24) is 5.43 Å². The Labute approximate surface area is 131 Å². The van der Waals surface area contributed by atoms with Crippen LogP contribution in [0.25, 0.3) is 0 Å². The summed E-state index contributed by atoms with van der Waals surface area (Å²) in [4.78, 5) is 12.0. The highest BCUT2D eigenvalue weighted by Crippen LogP contribution is 2.30. The number of aromatic hydroxyl groups is 2. The van der Waals surface area contributed by atoms with Crippen LogP contribution in [0.5, 0.6) is 23.0 Å². The molecule has 1 amide bonds. The second-order valence-corrected chi connectivity index (χ2v) is 4.80. The van der Waals surface area contributed by atoms with Crippen LogP contribution in [0.1, 0.15) is 15.9 Å². The predicted molar refractivity (Wildman–Crippen MR) is 82.3 cm³/mol. The normalized spacial score (nSPS) is 13.0. The molecule has 3 N–H and O–H groups in total. The largest absolute Gasteiger partial charge is 0.508 e. The lowest BCUT2D eigenvalue weighted by Gasteiger charge is -2.18. The molecule has 118 valence electrons. The summed E-state index contributed by atoms with van der Waals surface area (Å²) in [5, 5.41) is 22.6. The van der Waals surface area contributed by atoms with E-state index in [1.54, 1.807) is 18.2 Å². The van der Waals surface area contributed by atoms with E-state index in [1.165, 1.54) is 24.4 Å². The number of hydrogen-bond donors (Lipinski definition) is 3. The average Bonchev–Trinajstić information content (AvgIpc) is 2.56. The Bertz CT molecular complexity index is 773. The maximum Gasteiger partial charge on any atom is 0.271 e. The molecule has 0 saturated heterocycles. The average molecular weight is 314 g/mol. The Morgan fingerprint density at radius 2 is 1.87 bits per heavy atom. The lowest BCUT2D eigenvalue weighted by atomic mass is 10.2. The fraction of sp³-hybridized carbons (Fsp3) is 0.125. The highest BCUT2D eigenvalue weighted by atomic mass is 16.6. The molecule has 0 aromatic heterocycles. The first-order valence-electron chi connectivity index (χ1n) is 6.88. The van der Waals surface area contributed by atoms with Gasteiger partial charge in [-0.05, 0) is 30.3 Å². The molecule has 0 fully saturated rings. The number of fused-ring (bicyclic) bond motifs is 1. The van der Waals surface area contributed by atoms with Crippen molar-refractivity contribution in [3.05, 3.63) is 47.5 Å². The van der Waals surface area contributed by atoms with E-state index in [0.29, 0.717) is 35.8 Å². The second kappa shape index (κ2) is 6.27. The Hall–Kier alpha value is -3.22. The Morgan fingerprint density at radius 1 is 1.09 bits per heavy atom. The van der Waals surface area contributed by atoms with Crippen LogP contribution >= 0.6 is 0 Å². The smallest absolute Gasteiger partial charge is 0.271 e. The van der Waals surface area contributed by atoms with Gasteiger partial charge in [0.05, 0.1) is 6.21 Å². The fourth-order valence-electron chi connectivity index (χ4n) is 2.05. The number of rotatable bonds is 3. The molecule has 23 heavy (non-hydrogen) atoms. The van der Waals surface area contributed by atoms with Crippen molar-refractivity contribution in [1.29, 1.82) is 0 Å². The molecule has 1 aliphatic rings. The second-order valence-electron chi connectivity index (χ2n) is 4.80. The molecule has 0 unspecified atom stereocenters. The predicted octanol–water partition coefficient (Wildman–Crippen LogP) is 1.63. The SMILES string of the molecule is O=C(N/N=C/c1ccc(O)cc1O)c1ccc2c(c1)OCCO2. The zero-order chi connectivity index (χ0) is 16.2. The maximum atomic E-state index is 12.0. The van der Waals surface area contributed by atoms with Crippen molar-refractivity contribution in [3.8, 4) is 23.0 Å². The zero-order valence-corrected chi connectivity index (χ0v) is 12.0. The topological polar surface area (TPSA) is 100 Å². The molecule has 0 bridgehead atoms. The number of carbonyl (C=O) groups is 1. The summed E-state index contributed by atoms with van der Waals surface area (Å²) in [5.74, 6) is 0.508. The minimum Gasteiger partial charge on any atom is -0.508 e. The summed E-state index contributed by atoms with van der Waals surface area (Å²) < 4.78 is 10.8. The van der Waals surface area contributed by atoms with Crippen molar-refractivity contribution < 1.29 is 24.5 Å². The van der Waals surface area contributed by atoms with Crippen molar-refractivity contribution >= 4 is 12.1 Å². The molecule has 1 heterocycles. The first kappa shape index (κ1) is 14.7. The van der Waals surface area contributed by atoms with Gasteiger partial charge in [-0.15, -0.1) is 0 Å². The summed E-state index contributed by atoms with van der Waals surface area (Å²) in [5.41, 5.74) is 3.10. The fourth-order valence-corrected chi connectivity index (χ4v) is 2.05. The number of carbonyl (C=O) groups excluding carboxylic acids is 1. The molecule has 2 aromatic rings. The third-order valence-corrected chi connectivity index (χ3v) is 3.19. The Balaban J connectivity index is 1.68. The van der Waals surface area contributed by atoms with Crippen LogP contribution in [0.15, 0.2) is 41.5 Å². The first-order chi connectivity index (χ1) is 11.1. The quantitative estimate of drug-likeness (QED) is 0.590. The van der Waals surface area contributed by atoms with Crippen LogP contribution in [-0.2, 0) is 0 Å². The van der Waals surface area contributed by atoms with Gasteiger partial charge in [0.25, 0.3) is 5.91 Å². The van der Waals surface area contributed by atoms with E-state index in [-0.39, 0.29) is 11.5 Å². The van der Waals surface area contributed by atoms with E-state index in [4.69, 9.17) is 9.47 Å². The highest BCUT2D eigenvalue weighted by molar-refractivity contribution is 5.95. The van der Waals surface area contributed by atoms with Crippen LogP contribution in [-0.4, -0.2) is 35.5 Å². The summed E-state index contributed by atoms with van der Waals surface area (Å²) in [6.45, 7) is 0.926. The van der Waals surface area contributed by atoms with E-state index >= 15 is 0 Å². The number of ether oxygens (including phenoxy) is 2. The summed E-state index contributed by atoms with van der Waals surface area (Å²) in [6.07, 6.45) is 1.28. The third-order valence-electron chi connectivity index (χ3n) is 3.19. The molecule has 0 saturated carbocycles. The van der Waals surface area contributed by atoms with E-state index < -0.39 is 5.91 Å². The highest BCUT2D eigenvalue weighted by Gasteiger charge is 2.14. The number of amides is 1. The van der Waals surface area contributed by atoms with Crippen LogP contribution in [0.3, 0.4) is 0 Å². The number of phenolic OH excluding ortho intramolecular Hbond substituents is 2. The van der Waals surface area contributed by atoms with Gasteiger partial charge in [-0.1, -0.05) is 0 Å². The Kier molecular flexibility index (Phi) is 4.01. The van der Waals surface area contributed by atoms with Crippen molar-refractivity contribution in [3.63, 3.8) is 0 Å². The van der Waals surface area contributed by atoms with Crippen LogP contribution in [0, 0.1) is 0 Å². The number of nitrogens with one attached hydrogen (secondary N) is 1. The van der Waals surface area contributed by atoms with Crippen LogP contribution in [0.2, 0.25) is 0 Å². The lowest BCUT2D eigenvalue weighted by molar-refractivity contribution is 0.0954. The molecule has 3 rings (SSSR count). The van der Waals surface area contributed by atoms with E-state index in [2.05, 4.69) is 10.5 Å². The maximum absolute atomic E-state index is 12.0. The van der Waals surface area contributed by atoms with E-state index in [9.17, 15) is 15.0 Å². The van der Waals surface area contributed by atoms with E-state index in [1.807, 2.05) is 0 Å². The number of hydrogen-bond acceptors (Lipinski definition) is 6. The Morgan fingerprint density at radius 3 is 2.65 bits per heavy atom. The van der Waals surface area contributed by atoms with Gasteiger partial charge in [0.1, 0.15) is 24.7 Å². The van der Waals surface area contributed by atoms with Gasteiger partial charge in [-0.3, -0.25) is 4.79 Å². The van der Waals surface area contributed by atoms with Gasteiger partial charge in [-0.2, -0.15) is 5.10 Å². The molecule has 1 aliphatic heterocycles. The molecule has 0 atom stereocenters. The first-order valence-corrected chi connectivity index (χ1v) is 6.88. The molecule has 2 aromatic carbocycles. The van der Waals surface area contributed by atoms with Crippen LogP contribution < -0.4 is 14.9 Å². The molecular formula is C16H14N2O5. The van der Waals surface area contributed by atoms with Gasteiger partial charge >= 0.3 is 0 Å². The molecule has 0 spiro atoms. The van der Waals surface area contributed by atoms with Gasteiger partial charge in [0, 0.05) is 17.2 Å².